The van der Waals surface area contributed by atoms with Gasteiger partial charge in [0.1, 0.15) is 0 Å². The van der Waals surface area contributed by atoms with Gasteiger partial charge < -0.3 is 20.9 Å². The second kappa shape index (κ2) is 9.67. The van der Waals surface area contributed by atoms with E-state index in [1.807, 2.05) is 17.0 Å². The van der Waals surface area contributed by atoms with Crippen molar-refractivity contribution in [2.45, 2.75) is 25.8 Å². The highest BCUT2D eigenvalue weighted by Gasteiger charge is 2.23. The summed E-state index contributed by atoms with van der Waals surface area (Å²) in [6.07, 6.45) is 3.78. The van der Waals surface area contributed by atoms with Crippen LogP contribution in [0.4, 0.5) is 11.6 Å². The van der Waals surface area contributed by atoms with Crippen molar-refractivity contribution < 1.29 is 9.59 Å². The smallest absolute Gasteiger partial charge is 0.243 e. The first-order valence-electron chi connectivity index (χ1n) is 9.32. The highest BCUT2D eigenvalue weighted by molar-refractivity contribution is 5.97. The van der Waals surface area contributed by atoms with Crippen molar-refractivity contribution in [2.24, 2.45) is 5.73 Å². The van der Waals surface area contributed by atoms with Crippen molar-refractivity contribution in [3.63, 3.8) is 0 Å². The van der Waals surface area contributed by atoms with Crippen LogP contribution in [0.25, 0.3) is 0 Å². The monoisotopic (exact) mass is 418 g/mol. The number of nitrogens with two attached hydrogens (primary N) is 1. The van der Waals surface area contributed by atoms with E-state index >= 15 is 0 Å². The van der Waals surface area contributed by atoms with Crippen molar-refractivity contribution in [3.05, 3.63) is 48.3 Å². The maximum Gasteiger partial charge on any atom is 0.243 e. The number of halogens is 1. The molecule has 1 saturated heterocycles. The van der Waals surface area contributed by atoms with E-state index in [-0.39, 0.29) is 24.2 Å². The Hall–Kier alpha value is -2.71. The summed E-state index contributed by atoms with van der Waals surface area (Å²) in [6, 6.07) is 9.07. The van der Waals surface area contributed by atoms with Gasteiger partial charge >= 0.3 is 0 Å². The topological polar surface area (TPSA) is 104 Å². The Kier molecular flexibility index (Phi) is 7.53. The van der Waals surface area contributed by atoms with Gasteiger partial charge in [-0.1, -0.05) is 12.1 Å². The maximum atomic E-state index is 12.6. The van der Waals surface area contributed by atoms with Gasteiger partial charge in [-0.3, -0.25) is 9.59 Å². The molecule has 0 spiro atoms. The number of carbonyl (C=O) groups is 2. The van der Waals surface area contributed by atoms with Crippen molar-refractivity contribution in [1.82, 2.24) is 14.9 Å². The fourth-order valence-electron chi connectivity index (χ4n) is 2.89. The van der Waals surface area contributed by atoms with E-state index in [0.29, 0.717) is 31.1 Å². The van der Waals surface area contributed by atoms with Gasteiger partial charge in [-0.2, -0.15) is 0 Å². The molecule has 0 bridgehead atoms. The van der Waals surface area contributed by atoms with Crippen LogP contribution in [0, 0.1) is 0 Å². The second-order valence-electron chi connectivity index (χ2n) is 7.47. The lowest BCUT2D eigenvalue weighted by atomic mass is 10.1. The van der Waals surface area contributed by atoms with E-state index in [4.69, 9.17) is 5.73 Å². The number of nitrogens with one attached hydrogen (secondary N) is 1. The highest BCUT2D eigenvalue weighted by Crippen LogP contribution is 2.14. The Morgan fingerprint density at radius 1 is 1.07 bits per heavy atom. The van der Waals surface area contributed by atoms with Gasteiger partial charge in [-0.25, -0.2) is 9.97 Å². The predicted octanol–water partition coefficient (Wildman–Crippen LogP) is 1.47. The molecule has 0 atom stereocenters. The average Bonchev–Trinajstić information content (AvgIpc) is 2.69. The van der Waals surface area contributed by atoms with Gasteiger partial charge in [0.25, 0.3) is 0 Å². The summed E-state index contributed by atoms with van der Waals surface area (Å²) in [5, 5.41) is 2.77. The zero-order valence-electron chi connectivity index (χ0n) is 16.7. The van der Waals surface area contributed by atoms with Gasteiger partial charge in [0.2, 0.25) is 17.8 Å². The van der Waals surface area contributed by atoms with Crippen LogP contribution in [0.5, 0.6) is 0 Å². The summed E-state index contributed by atoms with van der Waals surface area (Å²) in [5.74, 6) is 0.540. The molecule has 2 heterocycles. The number of amides is 2. The second-order valence-corrected chi connectivity index (χ2v) is 7.47. The van der Waals surface area contributed by atoms with Crippen LogP contribution in [0.1, 0.15) is 19.4 Å². The Bertz CT molecular complexity index is 815. The fraction of sp³-hybridized carbons (Fsp3) is 0.400. The number of piperazine rings is 1. The Labute approximate surface area is 176 Å². The summed E-state index contributed by atoms with van der Waals surface area (Å²) >= 11 is 0. The molecule has 1 aliphatic rings. The van der Waals surface area contributed by atoms with Crippen LogP contribution in [0.3, 0.4) is 0 Å². The number of anilines is 2. The van der Waals surface area contributed by atoms with Gasteiger partial charge in [0.05, 0.1) is 12.0 Å². The zero-order chi connectivity index (χ0) is 20.1. The molecule has 1 fully saturated rings. The number of carbonyl (C=O) groups excluding carboxylic acids is 2. The summed E-state index contributed by atoms with van der Waals surface area (Å²) in [4.78, 5) is 37.0. The van der Waals surface area contributed by atoms with Gasteiger partial charge in [-0.15, -0.1) is 12.4 Å². The molecule has 8 nitrogen and oxygen atoms in total. The van der Waals surface area contributed by atoms with Crippen LogP contribution < -0.4 is 16.0 Å². The third kappa shape index (κ3) is 6.13. The molecule has 3 rings (SSSR count). The molecule has 1 aromatic heterocycles. The van der Waals surface area contributed by atoms with E-state index in [1.54, 1.807) is 44.4 Å². The minimum atomic E-state index is -0.943. The Balaban J connectivity index is 0.00000300. The largest absolute Gasteiger partial charge is 0.339 e. The van der Waals surface area contributed by atoms with Crippen LogP contribution in [0.2, 0.25) is 0 Å². The summed E-state index contributed by atoms with van der Waals surface area (Å²) in [5.41, 5.74) is 6.41. The molecule has 156 valence electrons. The number of hydrogen-bond acceptors (Lipinski definition) is 6. The number of hydrogen-bond donors (Lipinski definition) is 2. The van der Waals surface area contributed by atoms with E-state index < -0.39 is 5.54 Å². The molecular weight excluding hydrogens is 392 g/mol. The van der Waals surface area contributed by atoms with E-state index in [2.05, 4.69) is 20.2 Å². The highest BCUT2D eigenvalue weighted by atomic mass is 35.5. The number of benzene rings is 1. The first kappa shape index (κ1) is 22.6. The van der Waals surface area contributed by atoms with Crippen molar-refractivity contribution in [1.29, 1.82) is 0 Å². The molecule has 2 amide bonds. The van der Waals surface area contributed by atoms with Crippen molar-refractivity contribution in [3.8, 4) is 0 Å². The van der Waals surface area contributed by atoms with Crippen LogP contribution in [-0.4, -0.2) is 58.4 Å². The molecule has 9 heteroatoms. The molecule has 1 aliphatic heterocycles. The first-order chi connectivity index (χ1) is 13.3. The van der Waals surface area contributed by atoms with Gasteiger partial charge in [-0.05, 0) is 37.6 Å². The predicted molar refractivity (Wildman–Crippen MR) is 115 cm³/mol. The lowest BCUT2D eigenvalue weighted by Crippen LogP contribution is -2.49. The summed E-state index contributed by atoms with van der Waals surface area (Å²) < 4.78 is 0. The number of nitrogens with zero attached hydrogens (tertiary/aromatic N) is 4. The molecule has 0 unspecified atom stereocenters. The molecule has 29 heavy (non-hydrogen) atoms. The van der Waals surface area contributed by atoms with Crippen LogP contribution in [-0.2, 0) is 16.0 Å². The molecular formula is C20H27ClN6O2. The molecule has 1 aromatic carbocycles. The van der Waals surface area contributed by atoms with E-state index in [9.17, 15) is 9.59 Å². The SMILES string of the molecule is CC(C)(N)C(=O)Nc1ccc(CC(=O)N2CCN(c3ncccn3)CC2)cc1.Cl. The van der Waals surface area contributed by atoms with Gasteiger partial charge in [0.15, 0.2) is 0 Å². The quantitative estimate of drug-likeness (QED) is 0.761. The molecule has 0 saturated carbocycles. The lowest BCUT2D eigenvalue weighted by Gasteiger charge is -2.34. The molecule has 3 N–H and O–H groups in total. The standard InChI is InChI=1S/C20H26N6O2.ClH/c1-20(2,21)18(28)24-16-6-4-15(5-7-16)14-17(27)25-10-12-26(13-11-25)19-22-8-3-9-23-19;/h3-9H,10-14,21H2,1-2H3,(H,24,28);1H. The fourth-order valence-corrected chi connectivity index (χ4v) is 2.89. The molecule has 0 radical (unpaired) electrons. The van der Waals surface area contributed by atoms with E-state index in [1.165, 1.54) is 0 Å². The van der Waals surface area contributed by atoms with E-state index in [0.717, 1.165) is 18.7 Å². The van der Waals surface area contributed by atoms with Crippen molar-refractivity contribution >= 4 is 35.9 Å². The zero-order valence-corrected chi connectivity index (χ0v) is 17.5. The lowest BCUT2D eigenvalue weighted by molar-refractivity contribution is -0.130. The minimum Gasteiger partial charge on any atom is -0.339 e. The molecule has 0 aliphatic carbocycles. The number of rotatable bonds is 5. The third-order valence-electron chi connectivity index (χ3n) is 4.62. The summed E-state index contributed by atoms with van der Waals surface area (Å²) in [7, 11) is 0. The Morgan fingerprint density at radius 3 is 2.21 bits per heavy atom. The minimum absolute atomic E-state index is 0. The first-order valence-corrected chi connectivity index (χ1v) is 9.32. The maximum absolute atomic E-state index is 12.6. The van der Waals surface area contributed by atoms with Crippen molar-refractivity contribution in [2.75, 3.05) is 36.4 Å². The van der Waals surface area contributed by atoms with Gasteiger partial charge in [0, 0.05) is 44.3 Å². The van der Waals surface area contributed by atoms with Crippen LogP contribution >= 0.6 is 12.4 Å². The third-order valence-corrected chi connectivity index (χ3v) is 4.62. The normalized spacial score (nSPS) is 14.2. The summed E-state index contributed by atoms with van der Waals surface area (Å²) in [6.45, 7) is 6.04. The Morgan fingerprint density at radius 2 is 1.66 bits per heavy atom. The average molecular weight is 419 g/mol. The number of aromatic nitrogens is 2. The molecule has 2 aromatic rings. The van der Waals surface area contributed by atoms with Crippen LogP contribution in [0.15, 0.2) is 42.7 Å².